The number of aryl methyl sites for hydroxylation is 5. The molecule has 0 spiro atoms. The van der Waals surface area contributed by atoms with Crippen molar-refractivity contribution in [3.63, 3.8) is 0 Å². The van der Waals surface area contributed by atoms with Crippen LogP contribution < -0.4 is 5.56 Å². The van der Waals surface area contributed by atoms with Crippen molar-refractivity contribution in [3.8, 4) is 5.69 Å². The third-order valence-corrected chi connectivity index (χ3v) is 4.81. The van der Waals surface area contributed by atoms with Crippen molar-refractivity contribution >= 4 is 17.6 Å². The highest BCUT2D eigenvalue weighted by Gasteiger charge is 2.17. The molecule has 2 aromatic carbocycles. The lowest BCUT2D eigenvalue weighted by molar-refractivity contribution is -0.384. The minimum atomic E-state index is -0.454. The van der Waals surface area contributed by atoms with E-state index in [4.69, 9.17) is 0 Å². The van der Waals surface area contributed by atoms with E-state index >= 15 is 0 Å². The lowest BCUT2D eigenvalue weighted by atomic mass is 10.1. The van der Waals surface area contributed by atoms with Crippen molar-refractivity contribution in [2.45, 2.75) is 34.6 Å². The molecule has 0 atom stereocenters. The topological polar surface area (TPSA) is 93.3 Å². The van der Waals surface area contributed by atoms with Gasteiger partial charge in [0.15, 0.2) is 0 Å². The van der Waals surface area contributed by atoms with Crippen molar-refractivity contribution in [2.24, 2.45) is 4.99 Å². The van der Waals surface area contributed by atoms with Crippen LogP contribution >= 0.6 is 0 Å². The van der Waals surface area contributed by atoms with Gasteiger partial charge in [0, 0.05) is 18.0 Å². The van der Waals surface area contributed by atoms with Crippen molar-refractivity contribution in [1.82, 2.24) is 9.78 Å². The van der Waals surface area contributed by atoms with Crippen molar-refractivity contribution in [1.29, 1.82) is 0 Å². The number of nitrogens with zero attached hydrogens (tertiary/aromatic N) is 3. The smallest absolute Gasteiger partial charge is 0.295 e. The van der Waals surface area contributed by atoms with Gasteiger partial charge in [0.2, 0.25) is 0 Å². The average Bonchev–Trinajstić information content (AvgIpc) is 2.90. The number of hydrogen-bond acceptors (Lipinski definition) is 4. The second-order valence-corrected chi connectivity index (χ2v) is 7.02. The molecule has 0 bridgehead atoms. The fraction of sp³-hybridized carbons (Fsp3) is 0.238. The summed E-state index contributed by atoms with van der Waals surface area (Å²) >= 11 is 0. The predicted molar refractivity (Wildman–Crippen MR) is 110 cm³/mol. The first-order chi connectivity index (χ1) is 13.2. The van der Waals surface area contributed by atoms with E-state index in [1.54, 1.807) is 20.8 Å². The molecule has 7 heteroatoms. The molecule has 0 aliphatic carbocycles. The summed E-state index contributed by atoms with van der Waals surface area (Å²) in [5.74, 6) is 0. The predicted octanol–water partition coefficient (Wildman–Crippen LogP) is 4.37. The number of aromatic nitrogens is 2. The van der Waals surface area contributed by atoms with E-state index in [9.17, 15) is 14.9 Å². The third-order valence-electron chi connectivity index (χ3n) is 4.81. The zero-order chi connectivity index (χ0) is 20.6. The standard InChI is InChI=1S/C21H22N4O3/c1-12-8-15(4)20(19(9-12)25(27)28)22-11-18-16(5)23-24(21(18)26)17-7-6-13(2)14(3)10-17/h6-11,23H,1-5H3. The summed E-state index contributed by atoms with van der Waals surface area (Å²) in [7, 11) is 0. The first-order valence-corrected chi connectivity index (χ1v) is 8.88. The van der Waals surface area contributed by atoms with Crippen LogP contribution in [-0.2, 0) is 0 Å². The minimum absolute atomic E-state index is 0.0728. The van der Waals surface area contributed by atoms with E-state index in [-0.39, 0.29) is 16.9 Å². The van der Waals surface area contributed by atoms with Gasteiger partial charge >= 0.3 is 0 Å². The Morgan fingerprint density at radius 3 is 2.39 bits per heavy atom. The molecule has 0 amide bonds. The summed E-state index contributed by atoms with van der Waals surface area (Å²) in [6, 6.07) is 9.08. The third kappa shape index (κ3) is 3.51. The fourth-order valence-electron chi connectivity index (χ4n) is 3.13. The maximum absolute atomic E-state index is 12.9. The number of H-pyrrole nitrogens is 1. The monoisotopic (exact) mass is 378 g/mol. The van der Waals surface area contributed by atoms with Crippen LogP contribution in [0.15, 0.2) is 40.1 Å². The quantitative estimate of drug-likeness (QED) is 0.415. The summed E-state index contributed by atoms with van der Waals surface area (Å²) in [5.41, 5.74) is 5.37. The molecule has 3 rings (SSSR count). The molecule has 3 aromatic rings. The molecular weight excluding hydrogens is 356 g/mol. The van der Waals surface area contributed by atoms with Gasteiger partial charge in [0.1, 0.15) is 5.69 Å². The Morgan fingerprint density at radius 2 is 1.75 bits per heavy atom. The number of rotatable bonds is 4. The number of hydrogen-bond donors (Lipinski definition) is 1. The van der Waals surface area contributed by atoms with Gasteiger partial charge in [-0.15, -0.1) is 0 Å². The van der Waals surface area contributed by atoms with Gasteiger partial charge in [-0.05, 0) is 69.0 Å². The number of nitro groups is 1. The van der Waals surface area contributed by atoms with Crippen LogP contribution in [0.25, 0.3) is 5.69 Å². The molecule has 28 heavy (non-hydrogen) atoms. The lowest BCUT2D eigenvalue weighted by Gasteiger charge is -2.05. The Kier molecular flexibility index (Phi) is 5.00. The molecule has 0 radical (unpaired) electrons. The number of nitro benzene ring substituents is 1. The van der Waals surface area contributed by atoms with Crippen molar-refractivity contribution in [2.75, 3.05) is 0 Å². The van der Waals surface area contributed by atoms with Crippen LogP contribution in [0, 0.1) is 44.7 Å². The largest absolute Gasteiger partial charge is 0.295 e. The molecule has 1 aromatic heterocycles. The summed E-state index contributed by atoms with van der Waals surface area (Å²) in [4.78, 5) is 28.1. The van der Waals surface area contributed by atoms with Gasteiger partial charge in [-0.25, -0.2) is 9.67 Å². The van der Waals surface area contributed by atoms with Gasteiger partial charge in [-0.2, -0.15) is 0 Å². The molecule has 144 valence electrons. The van der Waals surface area contributed by atoms with Crippen LogP contribution in [0.4, 0.5) is 11.4 Å². The molecule has 0 saturated carbocycles. The summed E-state index contributed by atoms with van der Waals surface area (Å²) in [6.07, 6.45) is 1.40. The van der Waals surface area contributed by atoms with E-state index in [0.29, 0.717) is 16.8 Å². The van der Waals surface area contributed by atoms with Gasteiger partial charge < -0.3 is 0 Å². The summed E-state index contributed by atoms with van der Waals surface area (Å²) < 4.78 is 1.46. The fourth-order valence-corrected chi connectivity index (χ4v) is 3.13. The van der Waals surface area contributed by atoms with Crippen molar-refractivity contribution in [3.05, 3.63) is 84.3 Å². The zero-order valence-electron chi connectivity index (χ0n) is 16.5. The maximum atomic E-state index is 12.9. The molecule has 0 saturated heterocycles. The first kappa shape index (κ1) is 19.3. The Morgan fingerprint density at radius 1 is 1.04 bits per heavy atom. The summed E-state index contributed by atoms with van der Waals surface area (Å²) in [6.45, 7) is 9.34. The Labute approximate surface area is 162 Å². The van der Waals surface area contributed by atoms with E-state index in [2.05, 4.69) is 10.1 Å². The number of benzene rings is 2. The van der Waals surface area contributed by atoms with E-state index in [1.807, 2.05) is 38.1 Å². The average molecular weight is 378 g/mol. The highest BCUT2D eigenvalue weighted by Crippen LogP contribution is 2.32. The van der Waals surface area contributed by atoms with Gasteiger partial charge in [0.25, 0.3) is 11.2 Å². The van der Waals surface area contributed by atoms with Crippen molar-refractivity contribution < 1.29 is 4.92 Å². The SMILES string of the molecule is Cc1cc(C)c(N=Cc2c(C)[nH]n(-c3ccc(C)c(C)c3)c2=O)c([N+](=O)[O-])c1. The molecule has 0 fully saturated rings. The maximum Gasteiger partial charge on any atom is 0.295 e. The van der Waals surface area contributed by atoms with Crippen LogP contribution in [0.2, 0.25) is 0 Å². The number of nitrogens with one attached hydrogen (secondary N) is 1. The van der Waals surface area contributed by atoms with Crippen LogP contribution in [-0.4, -0.2) is 20.9 Å². The van der Waals surface area contributed by atoms with Crippen LogP contribution in [0.3, 0.4) is 0 Å². The van der Waals surface area contributed by atoms with E-state index in [0.717, 1.165) is 22.4 Å². The van der Waals surface area contributed by atoms with Crippen LogP contribution in [0.5, 0.6) is 0 Å². The lowest BCUT2D eigenvalue weighted by Crippen LogP contribution is -2.17. The molecule has 0 aliphatic rings. The molecular formula is C21H22N4O3. The molecule has 0 aliphatic heterocycles. The Bertz CT molecular complexity index is 1170. The second kappa shape index (κ2) is 7.26. The van der Waals surface area contributed by atoms with E-state index < -0.39 is 4.92 Å². The normalized spacial score (nSPS) is 11.3. The van der Waals surface area contributed by atoms with Gasteiger partial charge in [0.05, 0.1) is 16.2 Å². The first-order valence-electron chi connectivity index (χ1n) is 8.88. The molecule has 0 unspecified atom stereocenters. The van der Waals surface area contributed by atoms with Gasteiger partial charge in [-0.3, -0.25) is 20.0 Å². The number of aliphatic imine (C=N–C) groups is 1. The van der Waals surface area contributed by atoms with Gasteiger partial charge in [-0.1, -0.05) is 12.1 Å². The molecule has 1 N–H and O–H groups in total. The Balaban J connectivity index is 2.08. The second-order valence-electron chi connectivity index (χ2n) is 7.02. The number of aromatic amines is 1. The summed E-state index contributed by atoms with van der Waals surface area (Å²) in [5, 5.41) is 14.4. The Hall–Kier alpha value is -3.48. The van der Waals surface area contributed by atoms with E-state index in [1.165, 1.54) is 17.0 Å². The highest BCUT2D eigenvalue weighted by atomic mass is 16.6. The molecule has 1 heterocycles. The van der Waals surface area contributed by atoms with Crippen LogP contribution in [0.1, 0.15) is 33.5 Å². The highest BCUT2D eigenvalue weighted by molar-refractivity contribution is 5.85. The molecule has 7 nitrogen and oxygen atoms in total. The minimum Gasteiger partial charge on any atom is -0.295 e. The zero-order valence-corrected chi connectivity index (χ0v) is 16.5.